The van der Waals surface area contributed by atoms with Crippen LogP contribution >= 0.6 is 23.2 Å². The number of para-hydroxylation sites is 1. The Kier molecular flexibility index (Phi) is 8.15. The normalized spacial score (nSPS) is 14.7. The van der Waals surface area contributed by atoms with Crippen LogP contribution in [0, 0.1) is 0 Å². The Morgan fingerprint density at radius 2 is 1.76 bits per heavy atom. The maximum Gasteiger partial charge on any atom is 0.147 e. The molecule has 1 N–H and O–H groups in total. The zero-order chi connectivity index (χ0) is 26.7. The monoisotopic (exact) mass is 552 g/mol. The van der Waals surface area contributed by atoms with Gasteiger partial charge in [-0.05, 0) is 68.8 Å². The van der Waals surface area contributed by atoms with E-state index in [9.17, 15) is 0 Å². The number of hydrogen-bond acceptors (Lipinski definition) is 5. The Balaban J connectivity index is 1.48. The van der Waals surface area contributed by atoms with E-state index in [1.54, 1.807) is 0 Å². The summed E-state index contributed by atoms with van der Waals surface area (Å²) >= 11 is 13.2. The highest BCUT2D eigenvalue weighted by molar-refractivity contribution is 6.33. The van der Waals surface area contributed by atoms with Crippen molar-refractivity contribution in [1.82, 2.24) is 19.8 Å². The molecule has 0 spiro atoms. The molecule has 6 nitrogen and oxygen atoms in total. The van der Waals surface area contributed by atoms with Crippen LogP contribution in [0.1, 0.15) is 26.3 Å². The van der Waals surface area contributed by atoms with Gasteiger partial charge in [0.05, 0.1) is 10.5 Å². The van der Waals surface area contributed by atoms with Gasteiger partial charge < -0.3 is 19.4 Å². The van der Waals surface area contributed by atoms with Gasteiger partial charge in [0, 0.05) is 49.9 Å². The van der Waals surface area contributed by atoms with Crippen molar-refractivity contribution in [2.45, 2.75) is 32.9 Å². The quantitative estimate of drug-likeness (QED) is 0.269. The summed E-state index contributed by atoms with van der Waals surface area (Å²) in [6, 6.07) is 19.7. The Morgan fingerprint density at radius 1 is 0.974 bits per heavy atom. The van der Waals surface area contributed by atoms with Crippen molar-refractivity contribution >= 4 is 34.2 Å². The van der Waals surface area contributed by atoms with Crippen LogP contribution in [0.3, 0.4) is 0 Å². The minimum Gasteiger partial charge on any atom is -0.492 e. The first kappa shape index (κ1) is 26.8. The summed E-state index contributed by atoms with van der Waals surface area (Å²) < 4.78 is 14.5. The molecule has 8 heteroatoms. The maximum absolute atomic E-state index is 6.86. The van der Waals surface area contributed by atoms with Gasteiger partial charge in [0.1, 0.15) is 35.0 Å². The largest absolute Gasteiger partial charge is 0.492 e. The molecular weight excluding hydrogens is 519 g/mol. The molecule has 38 heavy (non-hydrogen) atoms. The zero-order valence-electron chi connectivity index (χ0n) is 22.1. The summed E-state index contributed by atoms with van der Waals surface area (Å²) in [4.78, 5) is 7.47. The van der Waals surface area contributed by atoms with E-state index >= 15 is 0 Å². The number of aromatic nitrogens is 2. The fourth-order valence-electron chi connectivity index (χ4n) is 4.71. The van der Waals surface area contributed by atoms with Crippen LogP contribution in [0.2, 0.25) is 10.0 Å². The molecule has 0 atom stereocenters. The van der Waals surface area contributed by atoms with E-state index in [0.717, 1.165) is 72.2 Å². The number of nitrogens with zero attached hydrogens (tertiary/aromatic N) is 3. The summed E-state index contributed by atoms with van der Waals surface area (Å²) in [5.41, 5.74) is 3.32. The van der Waals surface area contributed by atoms with Crippen molar-refractivity contribution < 1.29 is 9.47 Å². The van der Waals surface area contributed by atoms with E-state index in [2.05, 4.69) is 26.9 Å². The van der Waals surface area contributed by atoms with Gasteiger partial charge in [-0.2, -0.15) is 0 Å². The van der Waals surface area contributed by atoms with Gasteiger partial charge in [-0.3, -0.25) is 4.90 Å². The Morgan fingerprint density at radius 3 is 2.50 bits per heavy atom. The highest BCUT2D eigenvalue weighted by atomic mass is 35.5. The van der Waals surface area contributed by atoms with Crippen molar-refractivity contribution in [3.63, 3.8) is 0 Å². The van der Waals surface area contributed by atoms with E-state index in [4.69, 9.17) is 37.7 Å². The molecule has 0 amide bonds. The summed E-state index contributed by atoms with van der Waals surface area (Å²) in [5.74, 6) is 2.26. The van der Waals surface area contributed by atoms with Crippen molar-refractivity contribution in [3.8, 4) is 22.9 Å². The molecule has 1 aromatic heterocycles. The minimum absolute atomic E-state index is 0.355. The third-order valence-electron chi connectivity index (χ3n) is 6.46. The Hall–Kier alpha value is -2.77. The molecule has 200 valence electrons. The second-order valence-electron chi connectivity index (χ2n) is 10.6. The number of fused-ring (bicyclic) bond motifs is 1. The van der Waals surface area contributed by atoms with E-state index in [-0.39, 0.29) is 5.60 Å². The van der Waals surface area contributed by atoms with E-state index in [0.29, 0.717) is 23.2 Å². The topological polar surface area (TPSA) is 51.6 Å². The molecule has 0 aliphatic carbocycles. The van der Waals surface area contributed by atoms with Crippen molar-refractivity contribution in [2.24, 2.45) is 0 Å². The molecule has 0 radical (unpaired) electrons. The number of piperazine rings is 1. The predicted octanol–water partition coefficient (Wildman–Crippen LogP) is 6.52. The Labute approximate surface area is 234 Å². The van der Waals surface area contributed by atoms with Crippen LogP contribution in [0.15, 0.2) is 60.7 Å². The number of halogens is 2. The first-order valence-electron chi connectivity index (χ1n) is 13.1. The fourth-order valence-corrected chi connectivity index (χ4v) is 5.18. The summed E-state index contributed by atoms with van der Waals surface area (Å²) in [5, 5.41) is 4.66. The average Bonchev–Trinajstić information content (AvgIpc) is 3.23. The molecular formula is C30H34Cl2N4O2. The lowest BCUT2D eigenvalue weighted by Crippen LogP contribution is -2.44. The van der Waals surface area contributed by atoms with Crippen LogP contribution < -0.4 is 14.8 Å². The van der Waals surface area contributed by atoms with Gasteiger partial charge in [0.2, 0.25) is 0 Å². The molecule has 1 saturated heterocycles. The van der Waals surface area contributed by atoms with Crippen LogP contribution in [0.5, 0.6) is 11.5 Å². The number of rotatable bonds is 8. The van der Waals surface area contributed by atoms with E-state index < -0.39 is 0 Å². The third kappa shape index (κ3) is 6.44. The van der Waals surface area contributed by atoms with Crippen molar-refractivity contribution in [3.05, 3.63) is 76.3 Å². The van der Waals surface area contributed by atoms with Gasteiger partial charge in [0.25, 0.3) is 0 Å². The first-order valence-corrected chi connectivity index (χ1v) is 13.8. The van der Waals surface area contributed by atoms with Crippen molar-refractivity contribution in [2.75, 3.05) is 39.3 Å². The highest BCUT2D eigenvalue weighted by Crippen LogP contribution is 2.36. The number of nitrogens with one attached hydrogen (secondary N) is 1. The van der Waals surface area contributed by atoms with Crippen LogP contribution in [0.4, 0.5) is 0 Å². The van der Waals surface area contributed by atoms with Gasteiger partial charge in [-0.15, -0.1) is 0 Å². The van der Waals surface area contributed by atoms with E-state index in [1.807, 2.05) is 69.3 Å². The molecule has 1 aliphatic heterocycles. The first-order chi connectivity index (χ1) is 18.3. The zero-order valence-corrected chi connectivity index (χ0v) is 23.6. The molecule has 4 aromatic rings. The number of imidazole rings is 1. The maximum atomic E-state index is 6.86. The van der Waals surface area contributed by atoms with Gasteiger partial charge >= 0.3 is 0 Å². The highest BCUT2D eigenvalue weighted by Gasteiger charge is 2.21. The predicted molar refractivity (Wildman–Crippen MR) is 156 cm³/mol. The Bertz CT molecular complexity index is 1410. The number of hydrogen-bond donors (Lipinski definition) is 1. The SMILES string of the molecule is CC(C)(C)Oc1cccc2c1nc(-c1ccc(OCCN3CCNCC3)cc1Cl)n2Cc1cccc(Cl)c1. The van der Waals surface area contributed by atoms with E-state index in [1.165, 1.54) is 0 Å². The van der Waals surface area contributed by atoms with Crippen LogP contribution in [-0.4, -0.2) is 59.4 Å². The summed E-state index contributed by atoms with van der Waals surface area (Å²) in [6.45, 7) is 12.4. The fraction of sp³-hybridized carbons (Fsp3) is 0.367. The molecule has 2 heterocycles. The lowest BCUT2D eigenvalue weighted by molar-refractivity contribution is 0.133. The second kappa shape index (κ2) is 11.5. The van der Waals surface area contributed by atoms with Crippen molar-refractivity contribution in [1.29, 1.82) is 0 Å². The third-order valence-corrected chi connectivity index (χ3v) is 7.00. The second-order valence-corrected chi connectivity index (χ2v) is 11.4. The van der Waals surface area contributed by atoms with Gasteiger partial charge in [-0.25, -0.2) is 4.98 Å². The molecule has 5 rings (SSSR count). The molecule has 1 aliphatic rings. The smallest absolute Gasteiger partial charge is 0.147 e. The summed E-state index contributed by atoms with van der Waals surface area (Å²) in [7, 11) is 0. The number of ether oxygens (including phenoxy) is 2. The van der Waals surface area contributed by atoms with Gasteiger partial charge in [-0.1, -0.05) is 41.4 Å². The molecule has 3 aromatic carbocycles. The number of benzene rings is 3. The lowest BCUT2D eigenvalue weighted by Gasteiger charge is -2.26. The van der Waals surface area contributed by atoms with Gasteiger partial charge in [0.15, 0.2) is 0 Å². The summed E-state index contributed by atoms with van der Waals surface area (Å²) in [6.07, 6.45) is 0. The van der Waals surface area contributed by atoms with Crippen LogP contribution in [-0.2, 0) is 6.54 Å². The average molecular weight is 554 g/mol. The molecule has 0 unspecified atom stereocenters. The molecule has 0 bridgehead atoms. The molecule has 0 saturated carbocycles. The minimum atomic E-state index is -0.355. The standard InChI is InChI=1S/C30H34Cl2N4O2/c1-30(2,3)38-27-9-5-8-26-28(27)34-29(36(26)20-21-6-4-7-22(31)18-21)24-11-10-23(19-25(24)32)37-17-16-35-14-12-33-13-15-35/h4-11,18-19,33H,12-17,20H2,1-3H3. The lowest BCUT2D eigenvalue weighted by atomic mass is 10.1. The molecule has 1 fully saturated rings. The van der Waals surface area contributed by atoms with Crippen LogP contribution in [0.25, 0.3) is 22.4 Å².